The maximum atomic E-state index is 13.2. The molecule has 2 heterocycles. The van der Waals surface area contributed by atoms with Crippen LogP contribution in [0.3, 0.4) is 0 Å². The molecule has 0 amide bonds. The first-order chi connectivity index (χ1) is 8.98. The number of benzene rings is 1. The van der Waals surface area contributed by atoms with Crippen molar-refractivity contribution in [3.05, 3.63) is 35.0 Å². The highest BCUT2D eigenvalue weighted by Crippen LogP contribution is 2.41. The highest BCUT2D eigenvalue weighted by atomic mass is 19.4. The predicted octanol–water partition coefficient (Wildman–Crippen LogP) is 3.57. The molecule has 5 heteroatoms. The van der Waals surface area contributed by atoms with Crippen LogP contribution >= 0.6 is 0 Å². The molecule has 0 radical (unpaired) electrons. The van der Waals surface area contributed by atoms with Gasteiger partial charge >= 0.3 is 6.18 Å². The number of halogens is 3. The molecule has 2 N–H and O–H groups in total. The van der Waals surface area contributed by atoms with E-state index in [-0.39, 0.29) is 5.92 Å². The zero-order valence-corrected chi connectivity index (χ0v) is 10.6. The van der Waals surface area contributed by atoms with Gasteiger partial charge in [-0.2, -0.15) is 13.2 Å². The van der Waals surface area contributed by atoms with Crippen LogP contribution in [-0.4, -0.2) is 18.1 Å². The van der Waals surface area contributed by atoms with Gasteiger partial charge < -0.3 is 10.3 Å². The number of para-hydroxylation sites is 1. The Balaban J connectivity index is 2.28. The number of H-pyrrole nitrogens is 1. The smallest absolute Gasteiger partial charge is 0.351 e. The predicted molar refractivity (Wildman–Crippen MR) is 68.3 cm³/mol. The van der Waals surface area contributed by atoms with E-state index in [2.05, 4.69) is 10.3 Å². The van der Waals surface area contributed by atoms with Crippen molar-refractivity contribution in [3.63, 3.8) is 0 Å². The molecule has 0 saturated carbocycles. The van der Waals surface area contributed by atoms with Crippen molar-refractivity contribution in [3.8, 4) is 0 Å². The van der Waals surface area contributed by atoms with Crippen LogP contribution in [0.5, 0.6) is 0 Å². The number of nitrogens with one attached hydrogen (secondary N) is 2. The Hall–Kier alpha value is -1.49. The topological polar surface area (TPSA) is 27.8 Å². The number of hydrogen-bond donors (Lipinski definition) is 2. The zero-order valence-electron chi connectivity index (χ0n) is 10.6. The average molecular weight is 268 g/mol. The molecule has 1 unspecified atom stereocenters. The van der Waals surface area contributed by atoms with Gasteiger partial charge in [0, 0.05) is 23.4 Å². The van der Waals surface area contributed by atoms with Gasteiger partial charge in [-0.05, 0) is 31.0 Å². The third-order valence-electron chi connectivity index (χ3n) is 3.83. The number of fused-ring (bicyclic) bond motifs is 1. The van der Waals surface area contributed by atoms with Crippen molar-refractivity contribution in [2.24, 2.45) is 0 Å². The lowest BCUT2D eigenvalue weighted by Gasteiger charge is -2.13. The highest BCUT2D eigenvalue weighted by Gasteiger charge is 2.39. The van der Waals surface area contributed by atoms with Gasteiger partial charge in [0.1, 0.15) is 5.69 Å². The SMILES string of the molecule is Cc1cccc2c(C3CCNC3)c(C(F)(F)F)[nH]c12. The minimum atomic E-state index is -4.33. The quantitative estimate of drug-likeness (QED) is 0.813. The molecule has 0 aliphatic carbocycles. The summed E-state index contributed by atoms with van der Waals surface area (Å²) in [6.07, 6.45) is -3.58. The molecule has 0 bridgehead atoms. The van der Waals surface area contributed by atoms with Crippen molar-refractivity contribution in [1.29, 1.82) is 0 Å². The van der Waals surface area contributed by atoms with E-state index in [0.29, 0.717) is 23.0 Å². The molecule has 1 aliphatic heterocycles. The molecule has 1 aliphatic rings. The Bertz CT molecular complexity index is 607. The Morgan fingerprint density at radius 2 is 2.05 bits per heavy atom. The number of hydrogen-bond acceptors (Lipinski definition) is 1. The first kappa shape index (κ1) is 12.5. The number of aryl methyl sites for hydroxylation is 1. The van der Waals surface area contributed by atoms with Crippen molar-refractivity contribution in [1.82, 2.24) is 10.3 Å². The molecule has 102 valence electrons. The minimum Gasteiger partial charge on any atom is -0.351 e. The average Bonchev–Trinajstić information content (AvgIpc) is 2.93. The van der Waals surface area contributed by atoms with Crippen LogP contribution in [0, 0.1) is 6.92 Å². The monoisotopic (exact) mass is 268 g/mol. The van der Waals surface area contributed by atoms with E-state index < -0.39 is 11.9 Å². The largest absolute Gasteiger partial charge is 0.431 e. The van der Waals surface area contributed by atoms with E-state index >= 15 is 0 Å². The summed E-state index contributed by atoms with van der Waals surface area (Å²) in [5.41, 5.74) is 1.30. The fourth-order valence-corrected chi connectivity index (χ4v) is 2.93. The molecule has 1 aromatic carbocycles. The van der Waals surface area contributed by atoms with Crippen molar-refractivity contribution in [2.45, 2.75) is 25.4 Å². The van der Waals surface area contributed by atoms with E-state index in [0.717, 1.165) is 18.5 Å². The molecule has 0 spiro atoms. The summed E-state index contributed by atoms with van der Waals surface area (Å²) in [4.78, 5) is 2.60. The summed E-state index contributed by atoms with van der Waals surface area (Å²) in [5.74, 6) is -0.0628. The zero-order chi connectivity index (χ0) is 13.6. The van der Waals surface area contributed by atoms with Gasteiger partial charge in [0.05, 0.1) is 0 Å². The van der Waals surface area contributed by atoms with Gasteiger partial charge in [0.2, 0.25) is 0 Å². The molecular formula is C14H15F3N2. The van der Waals surface area contributed by atoms with Gasteiger partial charge in [0.15, 0.2) is 0 Å². The van der Waals surface area contributed by atoms with Gasteiger partial charge in [-0.1, -0.05) is 18.2 Å². The van der Waals surface area contributed by atoms with E-state index in [9.17, 15) is 13.2 Å². The molecule has 3 rings (SSSR count). The van der Waals surface area contributed by atoms with Crippen LogP contribution < -0.4 is 5.32 Å². The minimum absolute atomic E-state index is 0.0628. The number of aromatic nitrogens is 1. The second-order valence-electron chi connectivity index (χ2n) is 5.10. The molecule has 2 nitrogen and oxygen atoms in total. The summed E-state index contributed by atoms with van der Waals surface area (Å²) in [7, 11) is 0. The fourth-order valence-electron chi connectivity index (χ4n) is 2.93. The molecule has 1 atom stereocenters. The van der Waals surface area contributed by atoms with Crippen LogP contribution in [0.2, 0.25) is 0 Å². The third-order valence-corrected chi connectivity index (χ3v) is 3.83. The normalized spacial score (nSPS) is 20.3. The lowest BCUT2D eigenvalue weighted by Crippen LogP contribution is -2.13. The molecule has 19 heavy (non-hydrogen) atoms. The Morgan fingerprint density at radius 1 is 1.26 bits per heavy atom. The van der Waals surface area contributed by atoms with Crippen LogP contribution in [0.1, 0.15) is 29.2 Å². The summed E-state index contributed by atoms with van der Waals surface area (Å²) >= 11 is 0. The van der Waals surface area contributed by atoms with Crippen LogP contribution in [0.25, 0.3) is 10.9 Å². The van der Waals surface area contributed by atoms with E-state index in [1.54, 1.807) is 6.07 Å². The second-order valence-corrected chi connectivity index (χ2v) is 5.10. The number of alkyl halides is 3. The standard InChI is InChI=1S/C14H15F3N2/c1-8-3-2-4-10-11(9-5-6-18-7-9)13(14(15,16)17)19-12(8)10/h2-4,9,18-19H,5-7H2,1H3. The summed E-state index contributed by atoms with van der Waals surface area (Å²) in [6.45, 7) is 3.22. The first-order valence-corrected chi connectivity index (χ1v) is 6.37. The lowest BCUT2D eigenvalue weighted by atomic mass is 9.94. The Labute approximate surface area is 109 Å². The Kier molecular flexibility index (Phi) is 2.82. The van der Waals surface area contributed by atoms with Crippen LogP contribution in [0.15, 0.2) is 18.2 Å². The van der Waals surface area contributed by atoms with Gasteiger partial charge in [0.25, 0.3) is 0 Å². The van der Waals surface area contributed by atoms with Crippen molar-refractivity contribution < 1.29 is 13.2 Å². The van der Waals surface area contributed by atoms with Crippen molar-refractivity contribution >= 4 is 10.9 Å². The van der Waals surface area contributed by atoms with Crippen LogP contribution in [-0.2, 0) is 6.18 Å². The van der Waals surface area contributed by atoms with Crippen molar-refractivity contribution in [2.75, 3.05) is 13.1 Å². The van der Waals surface area contributed by atoms with Gasteiger partial charge in [-0.15, -0.1) is 0 Å². The maximum Gasteiger partial charge on any atom is 0.431 e. The summed E-state index contributed by atoms with van der Waals surface area (Å²) < 4.78 is 39.7. The van der Waals surface area contributed by atoms with Crippen LogP contribution in [0.4, 0.5) is 13.2 Å². The highest BCUT2D eigenvalue weighted by molar-refractivity contribution is 5.88. The van der Waals surface area contributed by atoms with E-state index in [1.165, 1.54) is 0 Å². The first-order valence-electron chi connectivity index (χ1n) is 6.37. The summed E-state index contributed by atoms with van der Waals surface area (Å²) in [6, 6.07) is 5.43. The number of rotatable bonds is 1. The van der Waals surface area contributed by atoms with E-state index in [1.807, 2.05) is 19.1 Å². The van der Waals surface area contributed by atoms with Gasteiger partial charge in [-0.25, -0.2) is 0 Å². The molecular weight excluding hydrogens is 253 g/mol. The number of aromatic amines is 1. The molecule has 1 fully saturated rings. The molecule has 1 saturated heterocycles. The van der Waals surface area contributed by atoms with Gasteiger partial charge in [-0.3, -0.25) is 0 Å². The molecule has 2 aromatic rings. The second kappa shape index (κ2) is 4.27. The maximum absolute atomic E-state index is 13.2. The van der Waals surface area contributed by atoms with E-state index in [4.69, 9.17) is 0 Å². The summed E-state index contributed by atoms with van der Waals surface area (Å²) in [5, 5.41) is 3.85. The Morgan fingerprint density at radius 3 is 2.68 bits per heavy atom. The third kappa shape index (κ3) is 2.02. The molecule has 1 aromatic heterocycles. The fraction of sp³-hybridized carbons (Fsp3) is 0.429. The lowest BCUT2D eigenvalue weighted by molar-refractivity contribution is -0.141.